The Morgan fingerprint density at radius 1 is 1.37 bits per heavy atom. The van der Waals surface area contributed by atoms with Crippen molar-refractivity contribution < 1.29 is 4.74 Å². The molecule has 0 aromatic heterocycles. The first-order valence-corrected chi connectivity index (χ1v) is 7.30. The van der Waals surface area contributed by atoms with Gasteiger partial charge >= 0.3 is 0 Å². The van der Waals surface area contributed by atoms with Crippen molar-refractivity contribution in [1.29, 1.82) is 0 Å². The summed E-state index contributed by atoms with van der Waals surface area (Å²) >= 11 is 6.16. The van der Waals surface area contributed by atoms with Gasteiger partial charge in [-0.2, -0.15) is 0 Å². The predicted molar refractivity (Wildman–Crippen MR) is 79.9 cm³/mol. The summed E-state index contributed by atoms with van der Waals surface area (Å²) in [6, 6.07) is 6.07. The van der Waals surface area contributed by atoms with Crippen LogP contribution < -0.4 is 10.1 Å². The molecule has 0 spiro atoms. The molecule has 2 rings (SSSR count). The number of hydrogen-bond acceptors (Lipinski definition) is 3. The average molecular weight is 283 g/mol. The molecule has 0 unspecified atom stereocenters. The van der Waals surface area contributed by atoms with Crippen LogP contribution in [0.2, 0.25) is 5.02 Å². The van der Waals surface area contributed by atoms with Crippen molar-refractivity contribution in [3.05, 3.63) is 28.8 Å². The van der Waals surface area contributed by atoms with Gasteiger partial charge in [-0.1, -0.05) is 17.7 Å². The molecule has 1 aromatic carbocycles. The van der Waals surface area contributed by atoms with E-state index >= 15 is 0 Å². The molecular formula is C15H23ClN2O. The minimum absolute atomic E-state index is 0.699. The van der Waals surface area contributed by atoms with E-state index in [0.29, 0.717) is 5.02 Å². The van der Waals surface area contributed by atoms with Gasteiger partial charge in [-0.3, -0.25) is 4.90 Å². The fraction of sp³-hybridized carbons (Fsp3) is 0.600. The first kappa shape index (κ1) is 14.6. The van der Waals surface area contributed by atoms with Crippen molar-refractivity contribution in [2.45, 2.75) is 19.4 Å². The van der Waals surface area contributed by atoms with Gasteiger partial charge in [0.2, 0.25) is 0 Å². The van der Waals surface area contributed by atoms with Crippen LogP contribution in [0.25, 0.3) is 0 Å². The first-order chi connectivity index (χ1) is 9.22. The number of ether oxygens (including phenoxy) is 1. The molecule has 1 saturated heterocycles. The lowest BCUT2D eigenvalue weighted by molar-refractivity contribution is 0.177. The molecule has 0 amide bonds. The van der Waals surface area contributed by atoms with Gasteiger partial charge in [-0.15, -0.1) is 0 Å². The van der Waals surface area contributed by atoms with Crippen LogP contribution in [0, 0.1) is 5.92 Å². The number of methoxy groups -OCH3 is 1. The fourth-order valence-corrected chi connectivity index (χ4v) is 2.98. The van der Waals surface area contributed by atoms with Crippen molar-refractivity contribution in [3.8, 4) is 5.75 Å². The van der Waals surface area contributed by atoms with E-state index in [1.165, 1.54) is 31.5 Å². The van der Waals surface area contributed by atoms with Crippen molar-refractivity contribution in [2.24, 2.45) is 5.92 Å². The van der Waals surface area contributed by atoms with E-state index in [4.69, 9.17) is 16.3 Å². The monoisotopic (exact) mass is 282 g/mol. The number of rotatable bonds is 5. The summed E-state index contributed by atoms with van der Waals surface area (Å²) in [5, 5.41) is 3.97. The molecule has 0 radical (unpaired) electrons. The van der Waals surface area contributed by atoms with E-state index in [1.807, 2.05) is 19.2 Å². The van der Waals surface area contributed by atoms with Gasteiger partial charge in [-0.25, -0.2) is 0 Å². The van der Waals surface area contributed by atoms with Crippen LogP contribution in [0.5, 0.6) is 5.75 Å². The Kier molecular flexibility index (Phi) is 5.49. The molecule has 1 heterocycles. The maximum absolute atomic E-state index is 6.16. The average Bonchev–Trinajstić information content (AvgIpc) is 2.42. The molecule has 106 valence electrons. The largest absolute Gasteiger partial charge is 0.495 e. The summed E-state index contributed by atoms with van der Waals surface area (Å²) < 4.78 is 5.18. The maximum Gasteiger partial charge on any atom is 0.137 e. The van der Waals surface area contributed by atoms with Crippen LogP contribution in [-0.2, 0) is 6.54 Å². The van der Waals surface area contributed by atoms with Gasteiger partial charge in [-0.05, 0) is 63.1 Å². The first-order valence-electron chi connectivity index (χ1n) is 6.92. The van der Waals surface area contributed by atoms with Gasteiger partial charge < -0.3 is 10.1 Å². The van der Waals surface area contributed by atoms with Gasteiger partial charge in [0.25, 0.3) is 0 Å². The lowest BCUT2D eigenvalue weighted by Gasteiger charge is -2.31. The van der Waals surface area contributed by atoms with Crippen LogP contribution in [0.1, 0.15) is 18.4 Å². The number of benzene rings is 1. The van der Waals surface area contributed by atoms with E-state index in [2.05, 4.69) is 16.3 Å². The Hall–Kier alpha value is -0.770. The lowest BCUT2D eigenvalue weighted by Crippen LogP contribution is -2.36. The topological polar surface area (TPSA) is 24.5 Å². The summed E-state index contributed by atoms with van der Waals surface area (Å²) in [4.78, 5) is 2.50. The molecule has 4 heteroatoms. The van der Waals surface area contributed by atoms with Crippen molar-refractivity contribution >= 4 is 11.6 Å². The lowest BCUT2D eigenvalue weighted by atomic mass is 9.96. The van der Waals surface area contributed by atoms with Gasteiger partial charge in [0.15, 0.2) is 0 Å². The maximum atomic E-state index is 6.16. The van der Waals surface area contributed by atoms with Gasteiger partial charge in [0, 0.05) is 6.54 Å². The molecule has 19 heavy (non-hydrogen) atoms. The molecule has 0 aliphatic carbocycles. The van der Waals surface area contributed by atoms with Crippen LogP contribution in [0.4, 0.5) is 0 Å². The predicted octanol–water partition coefficient (Wildman–Crippen LogP) is 2.78. The standard InChI is InChI=1S/C15H23ClN2O/c1-17-10-12-5-7-18(8-6-12)11-13-3-4-15(19-2)14(16)9-13/h3-4,9,12,17H,5-8,10-11H2,1-2H3. The highest BCUT2D eigenvalue weighted by Gasteiger charge is 2.18. The smallest absolute Gasteiger partial charge is 0.137 e. The Bertz CT molecular complexity index is 403. The zero-order chi connectivity index (χ0) is 13.7. The number of hydrogen-bond donors (Lipinski definition) is 1. The van der Waals surface area contributed by atoms with Crippen molar-refractivity contribution in [3.63, 3.8) is 0 Å². The highest BCUT2D eigenvalue weighted by molar-refractivity contribution is 6.32. The van der Waals surface area contributed by atoms with E-state index < -0.39 is 0 Å². The number of piperidine rings is 1. The summed E-state index contributed by atoms with van der Waals surface area (Å²) in [5.41, 5.74) is 1.26. The highest BCUT2D eigenvalue weighted by Crippen LogP contribution is 2.26. The quantitative estimate of drug-likeness (QED) is 0.899. The van der Waals surface area contributed by atoms with Gasteiger partial charge in [0.1, 0.15) is 5.75 Å². The number of halogens is 1. The van der Waals surface area contributed by atoms with Crippen LogP contribution in [-0.4, -0.2) is 38.7 Å². The zero-order valence-corrected chi connectivity index (χ0v) is 12.5. The summed E-state index contributed by atoms with van der Waals surface area (Å²) in [6.07, 6.45) is 2.56. The SMILES string of the molecule is CNCC1CCN(Cc2ccc(OC)c(Cl)c2)CC1. The molecule has 1 fully saturated rings. The zero-order valence-electron chi connectivity index (χ0n) is 11.8. The van der Waals surface area contributed by atoms with E-state index in [9.17, 15) is 0 Å². The third-order valence-electron chi connectivity index (χ3n) is 3.82. The minimum atomic E-state index is 0.699. The normalized spacial score (nSPS) is 17.6. The van der Waals surface area contributed by atoms with E-state index in [1.54, 1.807) is 7.11 Å². The number of nitrogens with one attached hydrogen (secondary N) is 1. The fourth-order valence-electron chi connectivity index (χ4n) is 2.70. The molecular weight excluding hydrogens is 260 g/mol. The van der Waals surface area contributed by atoms with Crippen LogP contribution in [0.3, 0.4) is 0 Å². The molecule has 0 atom stereocenters. The molecule has 1 N–H and O–H groups in total. The van der Waals surface area contributed by atoms with Crippen LogP contribution in [0.15, 0.2) is 18.2 Å². The van der Waals surface area contributed by atoms with Crippen LogP contribution >= 0.6 is 11.6 Å². The second-order valence-electron chi connectivity index (χ2n) is 5.25. The molecule has 3 nitrogen and oxygen atoms in total. The molecule has 0 saturated carbocycles. The van der Waals surface area contributed by atoms with E-state index in [-0.39, 0.29) is 0 Å². The van der Waals surface area contributed by atoms with Crippen molar-refractivity contribution in [2.75, 3.05) is 33.8 Å². The summed E-state index contributed by atoms with van der Waals surface area (Å²) in [5.74, 6) is 1.58. The second kappa shape index (κ2) is 7.13. The Morgan fingerprint density at radius 2 is 2.11 bits per heavy atom. The molecule has 1 aliphatic heterocycles. The Labute approximate surface area is 120 Å². The molecule has 1 aromatic rings. The van der Waals surface area contributed by atoms with Gasteiger partial charge in [0.05, 0.1) is 12.1 Å². The Morgan fingerprint density at radius 3 is 2.68 bits per heavy atom. The highest BCUT2D eigenvalue weighted by atomic mass is 35.5. The summed E-state index contributed by atoms with van der Waals surface area (Å²) in [6.45, 7) is 4.48. The minimum Gasteiger partial charge on any atom is -0.495 e. The third-order valence-corrected chi connectivity index (χ3v) is 4.12. The molecule has 1 aliphatic rings. The second-order valence-corrected chi connectivity index (χ2v) is 5.65. The third kappa shape index (κ3) is 4.10. The summed E-state index contributed by atoms with van der Waals surface area (Å²) in [7, 11) is 3.68. The molecule has 0 bridgehead atoms. The Balaban J connectivity index is 1.87. The van der Waals surface area contributed by atoms with Crippen molar-refractivity contribution in [1.82, 2.24) is 10.2 Å². The number of nitrogens with zero attached hydrogens (tertiary/aromatic N) is 1. The number of likely N-dealkylation sites (tertiary alicyclic amines) is 1. The van der Waals surface area contributed by atoms with E-state index in [0.717, 1.165) is 24.8 Å².